The number of unbranched alkanes of at least 4 members (excludes halogenated alkanes) is 1. The van der Waals surface area contributed by atoms with E-state index in [4.69, 9.17) is 5.73 Å². The number of hydrogen-bond donors (Lipinski definition) is 2. The molecule has 0 saturated heterocycles. The van der Waals surface area contributed by atoms with Gasteiger partial charge in [0.15, 0.2) is 0 Å². The van der Waals surface area contributed by atoms with Crippen LogP contribution in [0.3, 0.4) is 0 Å². The summed E-state index contributed by atoms with van der Waals surface area (Å²) in [5.74, 6) is -0.870. The average Bonchev–Trinajstić information content (AvgIpc) is 2.70. The summed E-state index contributed by atoms with van der Waals surface area (Å²) in [6.07, 6.45) is 2.91. The van der Waals surface area contributed by atoms with Crippen LogP contribution in [0.25, 0.3) is 10.9 Å². The molecule has 0 spiro atoms. The van der Waals surface area contributed by atoms with Gasteiger partial charge in [-0.2, -0.15) is 0 Å². The summed E-state index contributed by atoms with van der Waals surface area (Å²) >= 11 is 0. The zero-order chi connectivity index (χ0) is 14.7. The number of carbonyl (C=O) groups is 1. The van der Waals surface area contributed by atoms with Crippen LogP contribution in [-0.2, 0) is 13.0 Å². The number of fused-ring (bicyclic) bond motifs is 1. The summed E-state index contributed by atoms with van der Waals surface area (Å²) in [5.41, 5.74) is 9.25. The fourth-order valence-electron chi connectivity index (χ4n) is 2.83. The number of rotatable bonds is 6. The number of para-hydroxylation sites is 1. The largest absolute Gasteiger partial charge is 0.478 e. The Kier molecular flexibility index (Phi) is 4.45. The van der Waals surface area contributed by atoms with Crippen LogP contribution in [0.5, 0.6) is 0 Å². The molecular formula is C16H22N2O2. The molecule has 2 aromatic rings. The van der Waals surface area contributed by atoms with Crippen molar-refractivity contribution in [2.24, 2.45) is 5.73 Å². The molecule has 0 atom stereocenters. The number of aromatic carboxylic acids is 1. The molecule has 2 rings (SSSR count). The van der Waals surface area contributed by atoms with Crippen LogP contribution in [0.1, 0.15) is 41.4 Å². The highest BCUT2D eigenvalue weighted by Gasteiger charge is 2.18. The van der Waals surface area contributed by atoms with Crippen molar-refractivity contribution in [1.29, 1.82) is 0 Å². The fraction of sp³-hybridized carbons (Fsp3) is 0.438. The highest BCUT2D eigenvalue weighted by molar-refractivity contribution is 6.03. The average molecular weight is 274 g/mol. The van der Waals surface area contributed by atoms with Crippen molar-refractivity contribution in [3.05, 3.63) is 35.0 Å². The van der Waals surface area contributed by atoms with Crippen molar-refractivity contribution in [1.82, 2.24) is 4.57 Å². The first-order valence-electron chi connectivity index (χ1n) is 7.15. The fourth-order valence-corrected chi connectivity index (χ4v) is 2.83. The summed E-state index contributed by atoms with van der Waals surface area (Å²) in [5, 5.41) is 10.5. The lowest BCUT2D eigenvalue weighted by Gasteiger charge is -2.09. The van der Waals surface area contributed by atoms with Gasteiger partial charge >= 0.3 is 5.97 Å². The smallest absolute Gasteiger partial charge is 0.337 e. The van der Waals surface area contributed by atoms with E-state index in [2.05, 4.69) is 18.4 Å². The van der Waals surface area contributed by atoms with Gasteiger partial charge in [0.25, 0.3) is 0 Å². The summed E-state index contributed by atoms with van der Waals surface area (Å²) in [4.78, 5) is 11.5. The number of hydrogen-bond acceptors (Lipinski definition) is 2. The van der Waals surface area contributed by atoms with Gasteiger partial charge in [-0.05, 0) is 37.9 Å². The van der Waals surface area contributed by atoms with Crippen molar-refractivity contribution in [2.45, 2.75) is 39.7 Å². The Morgan fingerprint density at radius 2 is 2.15 bits per heavy atom. The molecule has 0 unspecified atom stereocenters. The van der Waals surface area contributed by atoms with E-state index in [-0.39, 0.29) is 0 Å². The van der Waals surface area contributed by atoms with Crippen LogP contribution in [0, 0.1) is 6.92 Å². The van der Waals surface area contributed by atoms with Crippen LogP contribution in [0.15, 0.2) is 18.2 Å². The second-order valence-electron chi connectivity index (χ2n) is 5.11. The number of nitrogens with zero attached hydrogens (tertiary/aromatic N) is 1. The SMILES string of the molecule is CCCCn1c(C)c(CCN)c2cccc(C(=O)O)c21. The van der Waals surface area contributed by atoms with Gasteiger partial charge in [0.1, 0.15) is 0 Å². The van der Waals surface area contributed by atoms with E-state index >= 15 is 0 Å². The quantitative estimate of drug-likeness (QED) is 0.851. The van der Waals surface area contributed by atoms with Crippen molar-refractivity contribution >= 4 is 16.9 Å². The molecule has 1 aromatic carbocycles. The predicted molar refractivity (Wildman–Crippen MR) is 81.3 cm³/mol. The molecule has 1 heterocycles. The molecule has 108 valence electrons. The van der Waals surface area contributed by atoms with Crippen LogP contribution in [0.4, 0.5) is 0 Å². The highest BCUT2D eigenvalue weighted by atomic mass is 16.4. The first-order chi connectivity index (χ1) is 9.61. The van der Waals surface area contributed by atoms with Crippen LogP contribution >= 0.6 is 0 Å². The lowest BCUT2D eigenvalue weighted by molar-refractivity contribution is 0.0698. The van der Waals surface area contributed by atoms with Gasteiger partial charge < -0.3 is 15.4 Å². The maximum atomic E-state index is 11.5. The van der Waals surface area contributed by atoms with Crippen molar-refractivity contribution in [2.75, 3.05) is 6.54 Å². The molecular weight excluding hydrogens is 252 g/mol. The standard InChI is InChI=1S/C16H22N2O2/c1-3-4-10-18-11(2)12(8-9-17)13-6-5-7-14(15(13)18)16(19)20/h5-7H,3-4,8-10,17H2,1-2H3,(H,19,20). The van der Waals surface area contributed by atoms with Gasteiger partial charge in [0.2, 0.25) is 0 Å². The number of carboxylic acids is 1. The molecule has 0 bridgehead atoms. The molecule has 0 fully saturated rings. The van der Waals surface area contributed by atoms with Gasteiger partial charge in [0.05, 0.1) is 11.1 Å². The summed E-state index contributed by atoms with van der Waals surface area (Å²) in [6, 6.07) is 5.50. The zero-order valence-electron chi connectivity index (χ0n) is 12.1. The van der Waals surface area contributed by atoms with Crippen molar-refractivity contribution < 1.29 is 9.90 Å². The van der Waals surface area contributed by atoms with E-state index in [1.54, 1.807) is 6.07 Å². The second kappa shape index (κ2) is 6.09. The zero-order valence-corrected chi connectivity index (χ0v) is 12.1. The number of benzene rings is 1. The summed E-state index contributed by atoms with van der Waals surface area (Å²) in [7, 11) is 0. The lowest BCUT2D eigenvalue weighted by atomic mass is 10.1. The first kappa shape index (κ1) is 14.6. The first-order valence-corrected chi connectivity index (χ1v) is 7.15. The Labute approximate surface area is 119 Å². The molecule has 0 saturated carbocycles. The third-order valence-electron chi connectivity index (χ3n) is 3.83. The minimum Gasteiger partial charge on any atom is -0.478 e. The molecule has 4 heteroatoms. The molecule has 0 aliphatic rings. The predicted octanol–water partition coefficient (Wildman–Crippen LogP) is 2.95. The third-order valence-corrected chi connectivity index (χ3v) is 3.83. The Bertz CT molecular complexity index is 629. The Morgan fingerprint density at radius 3 is 2.75 bits per heavy atom. The van der Waals surface area contributed by atoms with Gasteiger partial charge in [-0.3, -0.25) is 0 Å². The van der Waals surface area contributed by atoms with E-state index in [0.29, 0.717) is 12.1 Å². The summed E-state index contributed by atoms with van der Waals surface area (Å²) < 4.78 is 2.15. The molecule has 4 nitrogen and oxygen atoms in total. The van der Waals surface area contributed by atoms with E-state index in [1.807, 2.05) is 12.1 Å². The van der Waals surface area contributed by atoms with Crippen molar-refractivity contribution in [3.8, 4) is 0 Å². The maximum Gasteiger partial charge on any atom is 0.337 e. The van der Waals surface area contributed by atoms with Gasteiger partial charge in [0, 0.05) is 17.6 Å². The monoisotopic (exact) mass is 274 g/mol. The summed E-state index contributed by atoms with van der Waals surface area (Å²) in [6.45, 7) is 5.63. The van der Waals surface area contributed by atoms with Gasteiger partial charge in [-0.25, -0.2) is 4.79 Å². The normalized spacial score (nSPS) is 11.2. The Morgan fingerprint density at radius 1 is 1.40 bits per heavy atom. The minimum absolute atomic E-state index is 0.380. The lowest BCUT2D eigenvalue weighted by Crippen LogP contribution is -2.06. The van der Waals surface area contributed by atoms with Gasteiger partial charge in [-0.1, -0.05) is 25.5 Å². The molecule has 0 aliphatic heterocycles. The topological polar surface area (TPSA) is 68.2 Å². The van der Waals surface area contributed by atoms with Crippen LogP contribution < -0.4 is 5.73 Å². The molecule has 0 aliphatic carbocycles. The number of nitrogens with two attached hydrogens (primary N) is 1. The van der Waals surface area contributed by atoms with E-state index in [0.717, 1.165) is 42.4 Å². The van der Waals surface area contributed by atoms with E-state index < -0.39 is 5.97 Å². The molecule has 1 aromatic heterocycles. The van der Waals surface area contributed by atoms with Crippen molar-refractivity contribution in [3.63, 3.8) is 0 Å². The number of carboxylic acid groups (broad SMARTS) is 1. The third kappa shape index (κ3) is 2.43. The molecule has 20 heavy (non-hydrogen) atoms. The number of aromatic nitrogens is 1. The van der Waals surface area contributed by atoms with Crippen LogP contribution in [-0.4, -0.2) is 22.2 Å². The van der Waals surface area contributed by atoms with E-state index in [9.17, 15) is 9.90 Å². The minimum atomic E-state index is -0.870. The molecule has 0 amide bonds. The Balaban J connectivity index is 2.73. The second-order valence-corrected chi connectivity index (χ2v) is 5.11. The highest BCUT2D eigenvalue weighted by Crippen LogP contribution is 2.29. The van der Waals surface area contributed by atoms with Crippen LogP contribution in [0.2, 0.25) is 0 Å². The molecule has 0 radical (unpaired) electrons. The van der Waals surface area contributed by atoms with E-state index in [1.165, 1.54) is 5.56 Å². The molecule has 3 N–H and O–H groups in total. The Hall–Kier alpha value is -1.81. The number of aryl methyl sites for hydroxylation is 1. The maximum absolute atomic E-state index is 11.5. The van der Waals surface area contributed by atoms with Gasteiger partial charge in [-0.15, -0.1) is 0 Å².